The van der Waals surface area contributed by atoms with Gasteiger partial charge in [0.25, 0.3) is 0 Å². The zero-order valence-corrected chi connectivity index (χ0v) is 9.79. The molecule has 0 saturated carbocycles. The highest BCUT2D eigenvalue weighted by atomic mass is 16.5. The van der Waals surface area contributed by atoms with Gasteiger partial charge in [-0.2, -0.15) is 0 Å². The number of carboxylic acid groups (broad SMARTS) is 1. The van der Waals surface area contributed by atoms with E-state index < -0.39 is 12.1 Å². The van der Waals surface area contributed by atoms with Crippen molar-refractivity contribution in [2.75, 3.05) is 18.6 Å². The molecule has 1 atom stereocenters. The number of β-amino-alcohol motifs (C(OH)–C–C–N with tert-alkyl or cyclic N) is 1. The van der Waals surface area contributed by atoms with Gasteiger partial charge in [-0.05, 0) is 12.1 Å². The molecular formula is C12H13NO5. The molecule has 18 heavy (non-hydrogen) atoms. The lowest BCUT2D eigenvalue weighted by Gasteiger charge is -2.19. The number of nitrogens with zero attached hydrogens (tertiary/aromatic N) is 1. The van der Waals surface area contributed by atoms with E-state index >= 15 is 0 Å². The molecule has 2 rings (SSSR count). The molecule has 1 aromatic rings. The summed E-state index contributed by atoms with van der Waals surface area (Å²) in [7, 11) is 1.46. The van der Waals surface area contributed by atoms with E-state index in [1.807, 2.05) is 0 Å². The molecule has 6 heteroatoms. The van der Waals surface area contributed by atoms with Gasteiger partial charge >= 0.3 is 5.97 Å². The smallest absolute Gasteiger partial charge is 0.337 e. The van der Waals surface area contributed by atoms with E-state index in [0.717, 1.165) is 0 Å². The van der Waals surface area contributed by atoms with Crippen LogP contribution in [0.3, 0.4) is 0 Å². The lowest BCUT2D eigenvalue weighted by Crippen LogP contribution is -2.27. The molecule has 0 radical (unpaired) electrons. The SMILES string of the molecule is COc1ccc(C(=O)O)c(N2CC(O)CC2=O)c1. The largest absolute Gasteiger partial charge is 0.497 e. The first-order valence-electron chi connectivity index (χ1n) is 5.42. The van der Waals surface area contributed by atoms with Crippen LogP contribution in [0.4, 0.5) is 5.69 Å². The number of ether oxygens (including phenoxy) is 1. The average molecular weight is 251 g/mol. The van der Waals surface area contributed by atoms with Crippen molar-refractivity contribution in [1.82, 2.24) is 0 Å². The number of carboxylic acids is 1. The van der Waals surface area contributed by atoms with Crippen molar-refractivity contribution in [3.63, 3.8) is 0 Å². The van der Waals surface area contributed by atoms with Gasteiger partial charge in [0.1, 0.15) is 5.75 Å². The lowest BCUT2D eigenvalue weighted by molar-refractivity contribution is -0.117. The van der Waals surface area contributed by atoms with Gasteiger partial charge in [-0.3, -0.25) is 4.79 Å². The number of aromatic carboxylic acids is 1. The van der Waals surface area contributed by atoms with Crippen LogP contribution in [0, 0.1) is 0 Å². The van der Waals surface area contributed by atoms with Gasteiger partial charge in [0.05, 0.1) is 37.4 Å². The number of carbonyl (C=O) groups is 2. The fraction of sp³-hybridized carbons (Fsp3) is 0.333. The van der Waals surface area contributed by atoms with E-state index in [1.165, 1.54) is 30.2 Å². The van der Waals surface area contributed by atoms with Crippen molar-refractivity contribution < 1.29 is 24.5 Å². The average Bonchev–Trinajstić information content (AvgIpc) is 2.67. The van der Waals surface area contributed by atoms with Gasteiger partial charge in [-0.15, -0.1) is 0 Å². The van der Waals surface area contributed by atoms with Gasteiger partial charge in [0.2, 0.25) is 5.91 Å². The van der Waals surface area contributed by atoms with Crippen LogP contribution in [0.2, 0.25) is 0 Å². The topological polar surface area (TPSA) is 87.1 Å². The summed E-state index contributed by atoms with van der Waals surface area (Å²) in [6, 6.07) is 4.39. The van der Waals surface area contributed by atoms with Crippen LogP contribution in [0.5, 0.6) is 5.75 Å². The third-order valence-corrected chi connectivity index (χ3v) is 2.83. The van der Waals surface area contributed by atoms with Gasteiger partial charge < -0.3 is 19.8 Å². The van der Waals surface area contributed by atoms with E-state index in [1.54, 1.807) is 0 Å². The number of hydrogen-bond donors (Lipinski definition) is 2. The maximum absolute atomic E-state index is 11.7. The Balaban J connectivity index is 2.47. The van der Waals surface area contributed by atoms with Gasteiger partial charge in [0, 0.05) is 6.07 Å². The summed E-state index contributed by atoms with van der Waals surface area (Å²) in [6.45, 7) is 0.103. The summed E-state index contributed by atoms with van der Waals surface area (Å²) < 4.78 is 5.02. The number of benzene rings is 1. The highest BCUT2D eigenvalue weighted by molar-refractivity contribution is 6.03. The van der Waals surface area contributed by atoms with Crippen molar-refractivity contribution in [1.29, 1.82) is 0 Å². The van der Waals surface area contributed by atoms with Crippen molar-refractivity contribution in [2.45, 2.75) is 12.5 Å². The molecule has 1 aromatic carbocycles. The summed E-state index contributed by atoms with van der Waals surface area (Å²) >= 11 is 0. The molecule has 96 valence electrons. The third kappa shape index (κ3) is 2.14. The molecule has 1 heterocycles. The Morgan fingerprint density at radius 2 is 2.22 bits per heavy atom. The van der Waals surface area contributed by atoms with E-state index in [9.17, 15) is 14.7 Å². The highest BCUT2D eigenvalue weighted by Gasteiger charge is 2.31. The second-order valence-corrected chi connectivity index (χ2v) is 4.05. The molecule has 0 spiro atoms. The fourth-order valence-electron chi connectivity index (χ4n) is 1.96. The van der Waals surface area contributed by atoms with E-state index in [0.29, 0.717) is 5.75 Å². The number of aliphatic hydroxyl groups excluding tert-OH is 1. The predicted octanol–water partition coefficient (Wildman–Crippen LogP) is 0.491. The second kappa shape index (κ2) is 4.66. The molecule has 2 N–H and O–H groups in total. The number of methoxy groups -OCH3 is 1. The van der Waals surface area contributed by atoms with Crippen LogP contribution in [0.15, 0.2) is 18.2 Å². The van der Waals surface area contributed by atoms with Gasteiger partial charge in [0.15, 0.2) is 0 Å². The lowest BCUT2D eigenvalue weighted by atomic mass is 10.1. The fourth-order valence-corrected chi connectivity index (χ4v) is 1.96. The number of hydrogen-bond acceptors (Lipinski definition) is 4. The quantitative estimate of drug-likeness (QED) is 0.816. The number of aliphatic hydroxyl groups is 1. The summed E-state index contributed by atoms with van der Waals surface area (Å²) in [6.07, 6.45) is -0.749. The molecule has 0 aromatic heterocycles. The van der Waals surface area contributed by atoms with Crippen molar-refractivity contribution >= 4 is 17.6 Å². The second-order valence-electron chi connectivity index (χ2n) is 4.05. The maximum Gasteiger partial charge on any atom is 0.337 e. The van der Waals surface area contributed by atoms with E-state index in [2.05, 4.69) is 0 Å². The van der Waals surface area contributed by atoms with Crippen LogP contribution in [0.1, 0.15) is 16.8 Å². The molecule has 6 nitrogen and oxygen atoms in total. The third-order valence-electron chi connectivity index (χ3n) is 2.83. The standard InChI is InChI=1S/C12H13NO5/c1-18-8-2-3-9(12(16)17)10(5-8)13-6-7(14)4-11(13)15/h2-3,5,7,14H,4,6H2,1H3,(H,16,17). The van der Waals surface area contributed by atoms with Crippen LogP contribution in [-0.2, 0) is 4.79 Å². The van der Waals surface area contributed by atoms with Crippen LogP contribution in [0.25, 0.3) is 0 Å². The monoisotopic (exact) mass is 251 g/mol. The Morgan fingerprint density at radius 1 is 1.50 bits per heavy atom. The minimum atomic E-state index is -1.12. The summed E-state index contributed by atoms with van der Waals surface area (Å²) in [5.74, 6) is -0.954. The zero-order valence-electron chi connectivity index (χ0n) is 9.79. The van der Waals surface area contributed by atoms with Gasteiger partial charge in [-0.1, -0.05) is 0 Å². The molecule has 1 saturated heterocycles. The van der Waals surface area contributed by atoms with Gasteiger partial charge in [-0.25, -0.2) is 4.79 Å². The minimum Gasteiger partial charge on any atom is -0.497 e. The first-order valence-corrected chi connectivity index (χ1v) is 5.42. The molecule has 1 amide bonds. The molecule has 0 aliphatic carbocycles. The Bertz CT molecular complexity index is 499. The minimum absolute atomic E-state index is 0.0102. The highest BCUT2D eigenvalue weighted by Crippen LogP contribution is 2.29. The van der Waals surface area contributed by atoms with Crippen molar-refractivity contribution in [3.8, 4) is 5.75 Å². The summed E-state index contributed by atoms with van der Waals surface area (Å²) in [5.41, 5.74) is 0.265. The Morgan fingerprint density at radius 3 is 2.72 bits per heavy atom. The number of anilines is 1. The Hall–Kier alpha value is -2.08. The molecule has 1 fully saturated rings. The molecule has 1 aliphatic rings. The summed E-state index contributed by atoms with van der Waals surface area (Å²) in [5, 5.41) is 18.5. The van der Waals surface area contributed by atoms with E-state index in [-0.39, 0.29) is 30.1 Å². The Kier molecular flexibility index (Phi) is 3.20. The molecule has 1 unspecified atom stereocenters. The van der Waals surface area contributed by atoms with Crippen molar-refractivity contribution in [3.05, 3.63) is 23.8 Å². The van der Waals surface area contributed by atoms with E-state index in [4.69, 9.17) is 9.84 Å². The van der Waals surface area contributed by atoms with Crippen molar-refractivity contribution in [2.24, 2.45) is 0 Å². The van der Waals surface area contributed by atoms with Crippen LogP contribution >= 0.6 is 0 Å². The zero-order chi connectivity index (χ0) is 13.3. The molecule has 1 aliphatic heterocycles. The first kappa shape index (κ1) is 12.4. The molecular weight excluding hydrogens is 238 g/mol. The number of amides is 1. The van der Waals surface area contributed by atoms with Crippen LogP contribution in [-0.4, -0.2) is 41.8 Å². The van der Waals surface area contributed by atoms with Crippen LogP contribution < -0.4 is 9.64 Å². The Labute approximate surface area is 103 Å². The first-order chi connectivity index (χ1) is 8.52. The number of rotatable bonds is 3. The summed E-state index contributed by atoms with van der Waals surface area (Å²) in [4.78, 5) is 24.1. The predicted molar refractivity (Wildman–Crippen MR) is 62.9 cm³/mol. The number of carbonyl (C=O) groups excluding carboxylic acids is 1. The normalized spacial score (nSPS) is 19.1. The maximum atomic E-state index is 11.7. The molecule has 0 bridgehead atoms.